The summed E-state index contributed by atoms with van der Waals surface area (Å²) in [6.45, 7) is 6.78. The number of pyridine rings is 1. The van der Waals surface area contributed by atoms with E-state index < -0.39 is 11.4 Å². The van der Waals surface area contributed by atoms with Gasteiger partial charge in [0.15, 0.2) is 16.1 Å². The highest BCUT2D eigenvalue weighted by molar-refractivity contribution is 7.98. The molecule has 3 aromatic rings. The molecule has 0 spiro atoms. The number of imidazole rings is 1. The second kappa shape index (κ2) is 7.62. The average molecular weight is 479 g/mol. The zero-order valence-corrected chi connectivity index (χ0v) is 19.9. The SMILES string of the molecule is CSc1nc(N2CC3CCC(C2)N3C(=O)OC(C)(C)C)c2c(n1)c(F)c(Cl)n1cncc21. The first-order valence-electron chi connectivity index (χ1n) is 10.5. The third-order valence-electron chi connectivity index (χ3n) is 5.93. The zero-order valence-electron chi connectivity index (χ0n) is 18.3. The summed E-state index contributed by atoms with van der Waals surface area (Å²) in [5.41, 5.74) is 0.281. The molecule has 8 nitrogen and oxygen atoms in total. The monoisotopic (exact) mass is 478 g/mol. The number of carbonyl (C=O) groups is 1. The number of hydrogen-bond donors (Lipinski definition) is 0. The molecule has 0 saturated carbocycles. The van der Waals surface area contributed by atoms with Crippen LogP contribution in [-0.4, -0.2) is 67.4 Å². The molecule has 0 aromatic carbocycles. The van der Waals surface area contributed by atoms with Crippen molar-refractivity contribution in [3.8, 4) is 0 Å². The lowest BCUT2D eigenvalue weighted by atomic mass is 10.1. The summed E-state index contributed by atoms with van der Waals surface area (Å²) >= 11 is 7.60. The first-order valence-corrected chi connectivity index (χ1v) is 12.1. The molecule has 2 unspecified atom stereocenters. The lowest BCUT2D eigenvalue weighted by Crippen LogP contribution is -2.57. The molecule has 0 aliphatic carbocycles. The molecule has 2 fully saturated rings. The van der Waals surface area contributed by atoms with Gasteiger partial charge in [-0.05, 0) is 39.9 Å². The van der Waals surface area contributed by atoms with Gasteiger partial charge in [0.1, 0.15) is 23.3 Å². The van der Waals surface area contributed by atoms with Crippen LogP contribution >= 0.6 is 23.4 Å². The van der Waals surface area contributed by atoms with Crippen molar-refractivity contribution in [3.63, 3.8) is 0 Å². The summed E-state index contributed by atoms with van der Waals surface area (Å²) in [6, 6.07) is 0.00819. The third-order valence-corrected chi connectivity index (χ3v) is 6.83. The number of anilines is 1. The quantitative estimate of drug-likeness (QED) is 0.307. The summed E-state index contributed by atoms with van der Waals surface area (Å²) < 4.78 is 22.3. The Morgan fingerprint density at radius 3 is 2.56 bits per heavy atom. The predicted octanol–water partition coefficient (Wildman–Crippen LogP) is 4.38. The molecule has 2 aliphatic heterocycles. The molecule has 3 aromatic heterocycles. The van der Waals surface area contributed by atoms with Gasteiger partial charge in [-0.2, -0.15) is 0 Å². The normalized spacial score (nSPS) is 21.1. The van der Waals surface area contributed by atoms with E-state index in [9.17, 15) is 4.79 Å². The van der Waals surface area contributed by atoms with Gasteiger partial charge in [0.2, 0.25) is 0 Å². The van der Waals surface area contributed by atoms with E-state index in [1.165, 1.54) is 22.5 Å². The van der Waals surface area contributed by atoms with E-state index in [2.05, 4.69) is 14.9 Å². The van der Waals surface area contributed by atoms with E-state index in [0.717, 1.165) is 12.8 Å². The Morgan fingerprint density at radius 2 is 1.94 bits per heavy atom. The molecule has 170 valence electrons. The second-order valence-corrected chi connectivity index (χ2v) is 10.3. The van der Waals surface area contributed by atoms with Crippen molar-refractivity contribution in [2.24, 2.45) is 0 Å². The fraction of sp³-hybridized carbons (Fsp3) is 0.524. The summed E-state index contributed by atoms with van der Waals surface area (Å²) in [5.74, 6) is 0.0441. The van der Waals surface area contributed by atoms with Gasteiger partial charge in [0, 0.05) is 13.1 Å². The highest BCUT2D eigenvalue weighted by Crippen LogP contribution is 2.39. The molecule has 11 heteroatoms. The maximum absolute atomic E-state index is 15.2. The molecule has 2 aliphatic rings. The van der Waals surface area contributed by atoms with E-state index in [-0.39, 0.29) is 28.8 Å². The van der Waals surface area contributed by atoms with E-state index in [0.29, 0.717) is 35.0 Å². The molecular formula is C21H24ClFN6O2S. The largest absolute Gasteiger partial charge is 0.444 e. The Kier molecular flexibility index (Phi) is 5.12. The first kappa shape index (κ1) is 21.5. The second-order valence-electron chi connectivity index (χ2n) is 9.19. The number of rotatable bonds is 2. The number of aromatic nitrogens is 4. The molecule has 5 rings (SSSR count). The zero-order chi connectivity index (χ0) is 22.8. The Hall–Kier alpha value is -2.33. The van der Waals surface area contributed by atoms with Crippen molar-refractivity contribution in [3.05, 3.63) is 23.5 Å². The van der Waals surface area contributed by atoms with Crippen molar-refractivity contribution >= 4 is 51.7 Å². The Morgan fingerprint density at radius 1 is 1.25 bits per heavy atom. The number of hydrogen-bond acceptors (Lipinski definition) is 7. The third kappa shape index (κ3) is 3.44. The van der Waals surface area contributed by atoms with E-state index in [1.807, 2.05) is 31.9 Å². The van der Waals surface area contributed by atoms with Crippen LogP contribution in [0.15, 0.2) is 17.7 Å². The number of fused-ring (bicyclic) bond motifs is 5. The fourth-order valence-electron chi connectivity index (χ4n) is 4.67. The first-order chi connectivity index (χ1) is 15.2. The van der Waals surface area contributed by atoms with Crippen LogP contribution in [-0.2, 0) is 4.74 Å². The number of halogens is 2. The number of piperazine rings is 1. The van der Waals surface area contributed by atoms with Gasteiger partial charge in [0.25, 0.3) is 0 Å². The van der Waals surface area contributed by atoms with Crippen LogP contribution in [0, 0.1) is 5.82 Å². The van der Waals surface area contributed by atoms with Gasteiger partial charge in [-0.15, -0.1) is 0 Å². The Labute approximate surface area is 194 Å². The van der Waals surface area contributed by atoms with Crippen LogP contribution in [0.3, 0.4) is 0 Å². The molecule has 0 radical (unpaired) electrons. The van der Waals surface area contributed by atoms with Crippen LogP contribution in [0.4, 0.5) is 15.0 Å². The van der Waals surface area contributed by atoms with Crippen LogP contribution in [0.2, 0.25) is 5.15 Å². The maximum atomic E-state index is 15.2. The van der Waals surface area contributed by atoms with Gasteiger partial charge in [-0.25, -0.2) is 24.1 Å². The van der Waals surface area contributed by atoms with Crippen LogP contribution < -0.4 is 4.90 Å². The van der Waals surface area contributed by atoms with Gasteiger partial charge >= 0.3 is 6.09 Å². The van der Waals surface area contributed by atoms with Crippen molar-refractivity contribution in [2.45, 2.75) is 56.5 Å². The van der Waals surface area contributed by atoms with Gasteiger partial charge in [0.05, 0.1) is 29.2 Å². The minimum absolute atomic E-state index is 0.00410. The molecule has 2 saturated heterocycles. The van der Waals surface area contributed by atoms with Crippen LogP contribution in [0.5, 0.6) is 0 Å². The molecule has 32 heavy (non-hydrogen) atoms. The molecule has 0 N–H and O–H groups in total. The molecule has 2 bridgehead atoms. The predicted molar refractivity (Wildman–Crippen MR) is 122 cm³/mol. The number of thioether (sulfide) groups is 1. The van der Waals surface area contributed by atoms with Crippen molar-refractivity contribution in [1.29, 1.82) is 0 Å². The number of ether oxygens (including phenoxy) is 1. The summed E-state index contributed by atoms with van der Waals surface area (Å²) in [7, 11) is 0. The Bertz CT molecular complexity index is 1210. The minimum atomic E-state index is -0.596. The van der Waals surface area contributed by atoms with Crippen molar-refractivity contribution in [2.75, 3.05) is 24.2 Å². The van der Waals surface area contributed by atoms with Gasteiger partial charge in [-0.3, -0.25) is 9.30 Å². The van der Waals surface area contributed by atoms with E-state index >= 15 is 4.39 Å². The Balaban J connectivity index is 1.59. The number of carbonyl (C=O) groups excluding carboxylic acids is 1. The molecule has 5 heterocycles. The summed E-state index contributed by atoms with van der Waals surface area (Å²) in [5, 5.41) is 0.983. The van der Waals surface area contributed by atoms with Crippen LogP contribution in [0.25, 0.3) is 16.4 Å². The highest BCUT2D eigenvalue weighted by Gasteiger charge is 2.45. The molecule has 2 atom stereocenters. The lowest BCUT2D eigenvalue weighted by molar-refractivity contribution is 0.0123. The standard InChI is InChI=1S/C21H24ClFN6O2S/c1-21(2,3)31-20(30)29-11-5-6-12(29)9-27(8-11)18-14-13-7-24-10-28(13)17(22)15(23)16(14)25-19(26-18)32-4/h7,10-12H,5-6,8-9H2,1-4H3. The van der Waals surface area contributed by atoms with E-state index in [4.69, 9.17) is 21.3 Å². The van der Waals surface area contributed by atoms with Crippen molar-refractivity contribution < 1.29 is 13.9 Å². The molecular weight excluding hydrogens is 455 g/mol. The van der Waals surface area contributed by atoms with Crippen molar-refractivity contribution in [1.82, 2.24) is 24.3 Å². The summed E-state index contributed by atoms with van der Waals surface area (Å²) in [6.07, 6.45) is 6.48. The number of nitrogens with zero attached hydrogens (tertiary/aromatic N) is 6. The van der Waals surface area contributed by atoms with E-state index in [1.54, 1.807) is 6.20 Å². The number of amides is 1. The average Bonchev–Trinajstić information content (AvgIpc) is 3.32. The molecule has 1 amide bonds. The minimum Gasteiger partial charge on any atom is -0.444 e. The van der Waals surface area contributed by atoms with Crippen LogP contribution in [0.1, 0.15) is 33.6 Å². The van der Waals surface area contributed by atoms with Gasteiger partial charge < -0.3 is 9.64 Å². The smallest absolute Gasteiger partial charge is 0.410 e. The summed E-state index contributed by atoms with van der Waals surface area (Å²) in [4.78, 5) is 30.2. The van der Waals surface area contributed by atoms with Gasteiger partial charge in [-0.1, -0.05) is 23.4 Å². The lowest BCUT2D eigenvalue weighted by Gasteiger charge is -2.42. The highest BCUT2D eigenvalue weighted by atomic mass is 35.5. The fourth-order valence-corrected chi connectivity index (χ4v) is 5.26. The topological polar surface area (TPSA) is 75.9 Å². The maximum Gasteiger partial charge on any atom is 0.410 e.